The van der Waals surface area contributed by atoms with Crippen LogP contribution in [-0.4, -0.2) is 70.9 Å². The Morgan fingerprint density at radius 1 is 1.03 bits per heavy atom. The third-order valence-corrected chi connectivity index (χ3v) is 5.28. The van der Waals surface area contributed by atoms with Gasteiger partial charge in [-0.15, -0.1) is 5.06 Å². The molecule has 4 rings (SSSR count). The number of hydrogen-bond acceptors (Lipinski definition) is 9. The van der Waals surface area contributed by atoms with Crippen LogP contribution in [-0.2, 0) is 9.57 Å². The number of rotatable bonds is 6. The number of carbonyl (C=O) groups excluding carboxylic acids is 3. The van der Waals surface area contributed by atoms with Crippen LogP contribution in [0.15, 0.2) is 53.1 Å². The second-order valence-electron chi connectivity index (χ2n) is 7.74. The third kappa shape index (κ3) is 6.01. The highest BCUT2D eigenvalue weighted by Crippen LogP contribution is 2.18. The number of amides is 2. The van der Waals surface area contributed by atoms with E-state index in [0.717, 1.165) is 5.56 Å². The van der Waals surface area contributed by atoms with Gasteiger partial charge in [0, 0.05) is 36.8 Å². The largest absolute Gasteiger partial charge is 0.462 e. The van der Waals surface area contributed by atoms with Gasteiger partial charge in [0.15, 0.2) is 0 Å². The fourth-order valence-corrected chi connectivity index (χ4v) is 3.54. The molecule has 1 aliphatic heterocycles. The van der Waals surface area contributed by atoms with Crippen molar-refractivity contribution in [1.82, 2.24) is 20.1 Å². The van der Waals surface area contributed by atoms with Crippen molar-refractivity contribution < 1.29 is 28.5 Å². The van der Waals surface area contributed by atoms with Crippen molar-refractivity contribution in [3.8, 4) is 11.4 Å². The molecule has 1 fully saturated rings. The number of nitrogens with one attached hydrogen (secondary N) is 1. The minimum absolute atomic E-state index is 0.110. The zero-order chi connectivity index (χ0) is 24.8. The van der Waals surface area contributed by atoms with Crippen molar-refractivity contribution in [2.45, 2.75) is 13.8 Å². The van der Waals surface area contributed by atoms with Gasteiger partial charge in [-0.1, -0.05) is 23.4 Å². The van der Waals surface area contributed by atoms with E-state index < -0.39 is 12.1 Å². The van der Waals surface area contributed by atoms with Gasteiger partial charge in [0.2, 0.25) is 11.7 Å². The summed E-state index contributed by atoms with van der Waals surface area (Å²) >= 11 is 0. The number of aryl methyl sites for hydroxylation is 1. The lowest BCUT2D eigenvalue weighted by molar-refractivity contribution is -0.113. The van der Waals surface area contributed by atoms with E-state index >= 15 is 0 Å². The molecular weight excluding hydrogens is 454 g/mol. The standard InChI is InChI=1S/C24H25N5O6/c1-3-33-23(31)19-5-4-6-20(15-19)26-24(32)35-29-13-11-28(12-14-29)22(30)18-9-7-17(8-10-18)21-25-16(2)34-27-21/h4-10,15H,3,11-14H2,1-2H3,(H,26,32). The third-order valence-electron chi connectivity index (χ3n) is 5.28. The van der Waals surface area contributed by atoms with Gasteiger partial charge in [-0.25, -0.2) is 9.59 Å². The van der Waals surface area contributed by atoms with E-state index in [-0.39, 0.29) is 12.5 Å². The van der Waals surface area contributed by atoms with E-state index in [9.17, 15) is 14.4 Å². The summed E-state index contributed by atoms with van der Waals surface area (Å²) in [6.07, 6.45) is -0.682. The van der Waals surface area contributed by atoms with Crippen LogP contribution in [0.1, 0.15) is 33.5 Å². The molecule has 11 heteroatoms. The molecule has 0 atom stereocenters. The number of hydrogen-bond donors (Lipinski definition) is 1. The maximum atomic E-state index is 12.9. The molecule has 0 spiro atoms. The molecule has 35 heavy (non-hydrogen) atoms. The molecule has 11 nitrogen and oxygen atoms in total. The molecule has 1 N–H and O–H groups in total. The van der Waals surface area contributed by atoms with Crippen LogP contribution < -0.4 is 5.32 Å². The molecule has 3 aromatic rings. The summed E-state index contributed by atoms with van der Waals surface area (Å²) in [7, 11) is 0. The normalized spacial score (nSPS) is 13.8. The smallest absolute Gasteiger partial charge is 0.430 e. The van der Waals surface area contributed by atoms with Gasteiger partial charge >= 0.3 is 12.1 Å². The second kappa shape index (κ2) is 10.8. The number of carbonyl (C=O) groups is 3. The molecular formula is C24H25N5O6. The minimum atomic E-state index is -0.682. The van der Waals surface area contributed by atoms with Crippen molar-refractivity contribution in [3.63, 3.8) is 0 Å². The summed E-state index contributed by atoms with van der Waals surface area (Å²) in [4.78, 5) is 48.2. The maximum Gasteiger partial charge on any atom is 0.430 e. The van der Waals surface area contributed by atoms with Gasteiger partial charge in [-0.05, 0) is 37.3 Å². The highest BCUT2D eigenvalue weighted by atomic mass is 16.7. The Labute approximate surface area is 201 Å². The number of piperazine rings is 1. The Hall–Kier alpha value is -4.25. The van der Waals surface area contributed by atoms with Crippen molar-refractivity contribution in [2.24, 2.45) is 0 Å². The fraction of sp³-hybridized carbons (Fsp3) is 0.292. The average molecular weight is 479 g/mol. The van der Waals surface area contributed by atoms with Crippen molar-refractivity contribution in [1.29, 1.82) is 0 Å². The van der Waals surface area contributed by atoms with Crippen LogP contribution in [0, 0.1) is 6.92 Å². The van der Waals surface area contributed by atoms with Gasteiger partial charge in [0.1, 0.15) is 0 Å². The summed E-state index contributed by atoms with van der Waals surface area (Å²) in [5.41, 5.74) is 2.05. The van der Waals surface area contributed by atoms with Crippen molar-refractivity contribution in [2.75, 3.05) is 38.1 Å². The van der Waals surface area contributed by atoms with Gasteiger partial charge in [-0.2, -0.15) is 4.98 Å². The summed E-state index contributed by atoms with van der Waals surface area (Å²) in [5, 5.41) is 7.97. The Morgan fingerprint density at radius 2 is 1.77 bits per heavy atom. The van der Waals surface area contributed by atoms with Crippen LogP contribution in [0.25, 0.3) is 11.4 Å². The van der Waals surface area contributed by atoms with E-state index in [1.54, 1.807) is 61.2 Å². The predicted octanol–water partition coefficient (Wildman–Crippen LogP) is 3.14. The molecule has 1 aromatic heterocycles. The molecule has 0 saturated carbocycles. The number of anilines is 1. The Kier molecular flexibility index (Phi) is 7.36. The van der Waals surface area contributed by atoms with Gasteiger partial charge < -0.3 is 19.0 Å². The highest BCUT2D eigenvalue weighted by Gasteiger charge is 2.24. The van der Waals surface area contributed by atoms with Crippen LogP contribution in [0.2, 0.25) is 0 Å². The maximum absolute atomic E-state index is 12.9. The topological polar surface area (TPSA) is 127 Å². The van der Waals surface area contributed by atoms with Crippen molar-refractivity contribution in [3.05, 3.63) is 65.5 Å². The summed E-state index contributed by atoms with van der Waals surface area (Å²) in [5.74, 6) is 0.364. The molecule has 0 bridgehead atoms. The second-order valence-corrected chi connectivity index (χ2v) is 7.74. The molecule has 2 aromatic carbocycles. The minimum Gasteiger partial charge on any atom is -0.462 e. The molecule has 182 valence electrons. The van der Waals surface area contributed by atoms with E-state index in [1.165, 1.54) is 11.1 Å². The van der Waals surface area contributed by atoms with Gasteiger partial charge in [0.25, 0.3) is 5.91 Å². The number of esters is 1. The van der Waals surface area contributed by atoms with Crippen LogP contribution in [0.3, 0.4) is 0 Å². The number of ether oxygens (including phenoxy) is 1. The monoisotopic (exact) mass is 479 g/mol. The lowest BCUT2D eigenvalue weighted by atomic mass is 10.1. The van der Waals surface area contributed by atoms with Crippen molar-refractivity contribution >= 4 is 23.7 Å². The molecule has 0 radical (unpaired) electrons. The molecule has 1 aliphatic rings. The Bertz CT molecular complexity index is 1200. The zero-order valence-electron chi connectivity index (χ0n) is 19.4. The van der Waals surface area contributed by atoms with E-state index in [2.05, 4.69) is 15.5 Å². The zero-order valence-corrected chi connectivity index (χ0v) is 19.4. The first-order valence-electron chi connectivity index (χ1n) is 11.1. The Morgan fingerprint density at radius 3 is 2.43 bits per heavy atom. The van der Waals surface area contributed by atoms with Gasteiger partial charge in [0.05, 0.1) is 25.3 Å². The predicted molar refractivity (Wildman–Crippen MR) is 124 cm³/mol. The number of hydroxylamine groups is 2. The molecule has 0 aliphatic carbocycles. The Balaban J connectivity index is 1.26. The quantitative estimate of drug-likeness (QED) is 0.530. The number of benzene rings is 2. The number of aromatic nitrogens is 2. The molecule has 0 unspecified atom stereocenters. The lowest BCUT2D eigenvalue weighted by Crippen LogP contribution is -2.49. The van der Waals surface area contributed by atoms with Crippen LogP contribution >= 0.6 is 0 Å². The first-order chi connectivity index (χ1) is 16.9. The van der Waals surface area contributed by atoms with Gasteiger partial charge in [-0.3, -0.25) is 10.1 Å². The van der Waals surface area contributed by atoms with E-state index in [4.69, 9.17) is 14.1 Å². The SMILES string of the molecule is CCOC(=O)c1cccc(NC(=O)ON2CCN(C(=O)c3ccc(-c4noc(C)n4)cc3)CC2)c1. The lowest BCUT2D eigenvalue weighted by Gasteiger charge is -2.33. The first-order valence-corrected chi connectivity index (χ1v) is 11.1. The summed E-state index contributed by atoms with van der Waals surface area (Å²) in [6, 6.07) is 13.4. The van der Waals surface area contributed by atoms with Crippen LogP contribution in [0.5, 0.6) is 0 Å². The molecule has 2 amide bonds. The fourth-order valence-electron chi connectivity index (χ4n) is 3.54. The number of nitrogens with zero attached hydrogens (tertiary/aromatic N) is 4. The molecule has 2 heterocycles. The average Bonchev–Trinajstić information content (AvgIpc) is 3.30. The van der Waals surface area contributed by atoms with E-state index in [1.807, 2.05) is 0 Å². The first kappa shape index (κ1) is 23.9. The van der Waals surface area contributed by atoms with Crippen LogP contribution in [0.4, 0.5) is 10.5 Å². The summed E-state index contributed by atoms with van der Waals surface area (Å²) < 4.78 is 9.95. The molecule has 1 saturated heterocycles. The summed E-state index contributed by atoms with van der Waals surface area (Å²) in [6.45, 7) is 5.22. The highest BCUT2D eigenvalue weighted by molar-refractivity contribution is 5.95. The van der Waals surface area contributed by atoms with E-state index in [0.29, 0.717) is 54.7 Å².